The van der Waals surface area contributed by atoms with E-state index in [1.165, 1.54) is 25.7 Å². The number of aromatic nitrogens is 2. The molecule has 2 heterocycles. The molecule has 4 nitrogen and oxygen atoms in total. The molecular weight excluding hydrogens is 258 g/mol. The van der Waals surface area contributed by atoms with Crippen LogP contribution in [0.5, 0.6) is 0 Å². The summed E-state index contributed by atoms with van der Waals surface area (Å²) < 4.78 is 5.31. The van der Waals surface area contributed by atoms with Crippen molar-refractivity contribution in [2.24, 2.45) is 11.8 Å². The number of hydrogen-bond donors (Lipinski definition) is 1. The number of nitrogens with zero attached hydrogens (tertiary/aromatic N) is 2. The summed E-state index contributed by atoms with van der Waals surface area (Å²) in [5, 5.41) is 9.66. The Labute approximate surface area is 116 Å². The Kier molecular flexibility index (Phi) is 2.89. The van der Waals surface area contributed by atoms with Crippen LogP contribution >= 0.6 is 11.3 Å². The molecule has 4 rings (SSSR count). The number of rotatable bonds is 4. The molecule has 0 bridgehead atoms. The highest BCUT2D eigenvalue weighted by Crippen LogP contribution is 2.49. The Morgan fingerprint density at radius 3 is 3.32 bits per heavy atom. The van der Waals surface area contributed by atoms with Crippen molar-refractivity contribution in [3.8, 4) is 10.7 Å². The number of fused-ring (bicyclic) bond motifs is 1. The maximum Gasteiger partial charge on any atom is 0.240 e. The van der Waals surface area contributed by atoms with E-state index in [4.69, 9.17) is 4.52 Å². The van der Waals surface area contributed by atoms with Crippen molar-refractivity contribution in [2.45, 2.75) is 38.3 Å². The van der Waals surface area contributed by atoms with Crippen LogP contribution in [0.3, 0.4) is 0 Å². The van der Waals surface area contributed by atoms with Gasteiger partial charge < -0.3 is 9.84 Å². The first-order valence-corrected chi connectivity index (χ1v) is 7.88. The minimum Gasteiger partial charge on any atom is -0.338 e. The summed E-state index contributed by atoms with van der Waals surface area (Å²) in [6, 6.07) is 4.68. The molecule has 3 unspecified atom stereocenters. The molecule has 19 heavy (non-hydrogen) atoms. The van der Waals surface area contributed by atoms with Crippen molar-refractivity contribution in [3.05, 3.63) is 23.4 Å². The molecule has 2 aromatic rings. The summed E-state index contributed by atoms with van der Waals surface area (Å²) in [4.78, 5) is 5.51. The lowest BCUT2D eigenvalue weighted by Crippen LogP contribution is -2.33. The Balaban J connectivity index is 1.38. The fourth-order valence-electron chi connectivity index (χ4n) is 3.21. The Hall–Kier alpha value is -1.20. The molecule has 2 saturated carbocycles. The van der Waals surface area contributed by atoms with Crippen molar-refractivity contribution < 1.29 is 4.52 Å². The van der Waals surface area contributed by atoms with E-state index in [0.29, 0.717) is 24.3 Å². The summed E-state index contributed by atoms with van der Waals surface area (Å²) in [5.74, 6) is 3.31. The van der Waals surface area contributed by atoms with E-state index in [2.05, 4.69) is 15.5 Å². The van der Waals surface area contributed by atoms with Crippen LogP contribution in [-0.2, 0) is 6.54 Å². The molecule has 0 spiro atoms. The van der Waals surface area contributed by atoms with Crippen LogP contribution in [0.1, 0.15) is 31.6 Å². The fraction of sp³-hybridized carbons (Fsp3) is 0.571. The quantitative estimate of drug-likeness (QED) is 0.931. The van der Waals surface area contributed by atoms with E-state index >= 15 is 0 Å². The highest BCUT2D eigenvalue weighted by atomic mass is 32.1. The van der Waals surface area contributed by atoms with E-state index in [-0.39, 0.29) is 0 Å². The minimum atomic E-state index is 0.663. The highest BCUT2D eigenvalue weighted by molar-refractivity contribution is 7.13. The van der Waals surface area contributed by atoms with Gasteiger partial charge in [0, 0.05) is 6.04 Å². The molecule has 5 heteroatoms. The molecule has 100 valence electrons. The van der Waals surface area contributed by atoms with Crippen molar-refractivity contribution in [2.75, 3.05) is 0 Å². The monoisotopic (exact) mass is 275 g/mol. The van der Waals surface area contributed by atoms with E-state index in [1.807, 2.05) is 17.5 Å². The van der Waals surface area contributed by atoms with Crippen LogP contribution < -0.4 is 5.32 Å². The van der Waals surface area contributed by atoms with Gasteiger partial charge >= 0.3 is 0 Å². The van der Waals surface area contributed by atoms with Crippen LogP contribution in [0.15, 0.2) is 22.0 Å². The maximum absolute atomic E-state index is 5.31. The Morgan fingerprint density at radius 2 is 2.42 bits per heavy atom. The number of hydrogen-bond acceptors (Lipinski definition) is 5. The second-order valence-electron chi connectivity index (χ2n) is 5.57. The highest BCUT2D eigenvalue weighted by Gasteiger charge is 2.44. The van der Waals surface area contributed by atoms with Gasteiger partial charge in [0.2, 0.25) is 11.7 Å². The zero-order chi connectivity index (χ0) is 12.7. The SMILES string of the molecule is c1csc(-c2noc(CNC3CCCC4CC43)n2)c1. The van der Waals surface area contributed by atoms with Gasteiger partial charge in [-0.2, -0.15) is 4.98 Å². The number of thiophene rings is 1. The van der Waals surface area contributed by atoms with Gasteiger partial charge in [-0.25, -0.2) is 0 Å². The van der Waals surface area contributed by atoms with Gasteiger partial charge in [0.05, 0.1) is 11.4 Å². The maximum atomic E-state index is 5.31. The molecule has 2 aliphatic rings. The zero-order valence-corrected chi connectivity index (χ0v) is 11.5. The van der Waals surface area contributed by atoms with E-state index in [0.717, 1.165) is 16.7 Å². The van der Waals surface area contributed by atoms with Crippen molar-refractivity contribution >= 4 is 11.3 Å². The Morgan fingerprint density at radius 1 is 1.42 bits per heavy atom. The van der Waals surface area contributed by atoms with Crippen LogP contribution in [0.2, 0.25) is 0 Å². The molecule has 0 aromatic carbocycles. The van der Waals surface area contributed by atoms with Crippen LogP contribution in [0.4, 0.5) is 0 Å². The fourth-order valence-corrected chi connectivity index (χ4v) is 3.86. The predicted octanol–water partition coefficient (Wildman–Crippen LogP) is 3.08. The largest absolute Gasteiger partial charge is 0.338 e. The van der Waals surface area contributed by atoms with Crippen LogP contribution in [0.25, 0.3) is 10.7 Å². The lowest BCUT2D eigenvalue weighted by atomic mass is 9.95. The third-order valence-corrected chi connectivity index (χ3v) is 5.18. The molecule has 1 N–H and O–H groups in total. The van der Waals surface area contributed by atoms with Crippen molar-refractivity contribution in [1.82, 2.24) is 15.5 Å². The predicted molar refractivity (Wildman–Crippen MR) is 73.7 cm³/mol. The van der Waals surface area contributed by atoms with Gasteiger partial charge in [-0.1, -0.05) is 24.1 Å². The molecule has 2 aliphatic carbocycles. The molecule has 2 aromatic heterocycles. The second kappa shape index (κ2) is 4.72. The lowest BCUT2D eigenvalue weighted by molar-refractivity contribution is 0.316. The summed E-state index contributed by atoms with van der Waals surface area (Å²) >= 11 is 1.64. The average Bonchev–Trinajstić information content (AvgIpc) is 2.87. The van der Waals surface area contributed by atoms with E-state index in [1.54, 1.807) is 11.3 Å². The molecule has 0 radical (unpaired) electrons. The molecule has 0 saturated heterocycles. The molecule has 3 atom stereocenters. The molecule has 0 amide bonds. The van der Waals surface area contributed by atoms with E-state index in [9.17, 15) is 0 Å². The van der Waals surface area contributed by atoms with Gasteiger partial charge in [-0.05, 0) is 36.1 Å². The summed E-state index contributed by atoms with van der Waals surface area (Å²) in [7, 11) is 0. The van der Waals surface area contributed by atoms with Gasteiger partial charge in [-0.3, -0.25) is 0 Å². The summed E-state index contributed by atoms with van der Waals surface area (Å²) in [5.41, 5.74) is 0. The topological polar surface area (TPSA) is 51.0 Å². The molecular formula is C14H17N3OS. The average molecular weight is 275 g/mol. The normalized spacial score (nSPS) is 29.2. The van der Waals surface area contributed by atoms with Gasteiger partial charge in [-0.15, -0.1) is 11.3 Å². The first-order chi connectivity index (χ1) is 9.40. The third kappa shape index (κ3) is 2.32. The molecule has 0 aliphatic heterocycles. The Bertz CT molecular complexity index is 551. The van der Waals surface area contributed by atoms with Gasteiger partial charge in [0.1, 0.15) is 0 Å². The first kappa shape index (κ1) is 11.6. The van der Waals surface area contributed by atoms with Crippen molar-refractivity contribution in [1.29, 1.82) is 0 Å². The third-order valence-electron chi connectivity index (χ3n) is 4.31. The zero-order valence-electron chi connectivity index (χ0n) is 10.7. The van der Waals surface area contributed by atoms with Crippen LogP contribution in [0, 0.1) is 11.8 Å². The summed E-state index contributed by atoms with van der Waals surface area (Å²) in [6.07, 6.45) is 5.52. The second-order valence-corrected chi connectivity index (χ2v) is 6.51. The molecule has 2 fully saturated rings. The van der Waals surface area contributed by atoms with Gasteiger partial charge in [0.25, 0.3) is 0 Å². The first-order valence-electron chi connectivity index (χ1n) is 7.00. The van der Waals surface area contributed by atoms with E-state index < -0.39 is 0 Å². The van der Waals surface area contributed by atoms with Crippen molar-refractivity contribution in [3.63, 3.8) is 0 Å². The smallest absolute Gasteiger partial charge is 0.240 e. The lowest BCUT2D eigenvalue weighted by Gasteiger charge is -2.21. The summed E-state index contributed by atoms with van der Waals surface area (Å²) in [6.45, 7) is 0.701. The van der Waals surface area contributed by atoms with Crippen LogP contribution in [-0.4, -0.2) is 16.2 Å². The minimum absolute atomic E-state index is 0.663. The standard InChI is InChI=1S/C14H17N3OS/c1-3-9-7-10(9)11(4-1)15-8-13-16-14(17-18-13)12-5-2-6-19-12/h2,5-6,9-11,15H,1,3-4,7-8H2. The number of nitrogens with one attached hydrogen (secondary N) is 1. The van der Waals surface area contributed by atoms with Gasteiger partial charge in [0.15, 0.2) is 0 Å².